The number of nitrogens with one attached hydrogen (secondary N) is 1. The summed E-state index contributed by atoms with van der Waals surface area (Å²) in [6.45, 7) is 6.42. The maximum atomic E-state index is 12.4. The number of nitrogens with two attached hydrogens (primary N) is 1. The number of rotatable bonds is 2. The second-order valence-electron chi connectivity index (χ2n) is 6.66. The van der Waals surface area contributed by atoms with E-state index < -0.39 is 11.8 Å². The van der Waals surface area contributed by atoms with Crippen LogP contribution in [0.15, 0.2) is 42.5 Å². The zero-order chi connectivity index (χ0) is 18.7. The highest BCUT2D eigenvalue weighted by Gasteiger charge is 2.26. The lowest BCUT2D eigenvalue weighted by Gasteiger charge is -2.35. The standard InChI is InChI=1S/C20H24N4O2/c1-14-4-3-5-16(12-14)23-8-10-24(11-9-23)20(26)19(25)22-18-7-6-15(2)13-17(18)21/h3-7,12-13H,8-11,21H2,1-2H3,(H,22,25). The first kappa shape index (κ1) is 17.8. The zero-order valence-electron chi connectivity index (χ0n) is 15.2. The van der Waals surface area contributed by atoms with Crippen molar-refractivity contribution in [1.82, 2.24) is 4.90 Å². The molecule has 2 aromatic carbocycles. The van der Waals surface area contributed by atoms with Crippen molar-refractivity contribution >= 4 is 28.9 Å². The van der Waals surface area contributed by atoms with Crippen LogP contribution in [-0.4, -0.2) is 42.9 Å². The Morgan fingerprint density at radius 2 is 1.65 bits per heavy atom. The minimum absolute atomic E-state index is 0.454. The van der Waals surface area contributed by atoms with Crippen LogP contribution in [0.5, 0.6) is 0 Å². The van der Waals surface area contributed by atoms with Gasteiger partial charge in [-0.25, -0.2) is 0 Å². The molecule has 1 saturated heterocycles. The van der Waals surface area contributed by atoms with Crippen LogP contribution in [0.25, 0.3) is 0 Å². The molecule has 0 saturated carbocycles. The quantitative estimate of drug-likeness (QED) is 0.641. The van der Waals surface area contributed by atoms with Crippen molar-refractivity contribution in [1.29, 1.82) is 0 Å². The van der Waals surface area contributed by atoms with Gasteiger partial charge in [-0.1, -0.05) is 18.2 Å². The summed E-state index contributed by atoms with van der Waals surface area (Å²) in [7, 11) is 0. The van der Waals surface area contributed by atoms with Gasteiger partial charge in [0.15, 0.2) is 0 Å². The number of aryl methyl sites for hydroxylation is 2. The van der Waals surface area contributed by atoms with E-state index in [-0.39, 0.29) is 0 Å². The van der Waals surface area contributed by atoms with Crippen LogP contribution in [0.4, 0.5) is 17.1 Å². The third-order valence-electron chi connectivity index (χ3n) is 4.58. The summed E-state index contributed by atoms with van der Waals surface area (Å²) in [6, 6.07) is 13.6. The van der Waals surface area contributed by atoms with Crippen molar-refractivity contribution in [3.05, 3.63) is 53.6 Å². The summed E-state index contributed by atoms with van der Waals surface area (Å²) in [5.41, 5.74) is 10.2. The fraction of sp³-hybridized carbons (Fsp3) is 0.300. The molecule has 136 valence electrons. The summed E-state index contributed by atoms with van der Waals surface area (Å²) < 4.78 is 0. The number of nitrogens with zero attached hydrogens (tertiary/aromatic N) is 2. The van der Waals surface area contributed by atoms with E-state index in [1.54, 1.807) is 17.0 Å². The van der Waals surface area contributed by atoms with Crippen LogP contribution in [0.1, 0.15) is 11.1 Å². The number of amides is 2. The van der Waals surface area contributed by atoms with Crippen LogP contribution in [0, 0.1) is 13.8 Å². The molecule has 0 atom stereocenters. The van der Waals surface area contributed by atoms with Gasteiger partial charge in [0.1, 0.15) is 0 Å². The van der Waals surface area contributed by atoms with E-state index in [2.05, 4.69) is 35.3 Å². The van der Waals surface area contributed by atoms with Gasteiger partial charge in [0.2, 0.25) is 0 Å². The molecule has 0 aromatic heterocycles. The van der Waals surface area contributed by atoms with E-state index in [4.69, 9.17) is 5.73 Å². The molecule has 0 unspecified atom stereocenters. The average Bonchev–Trinajstić information content (AvgIpc) is 2.63. The summed E-state index contributed by atoms with van der Waals surface area (Å²) in [5, 5.41) is 2.62. The van der Waals surface area contributed by atoms with Gasteiger partial charge >= 0.3 is 11.8 Å². The molecule has 1 fully saturated rings. The van der Waals surface area contributed by atoms with Gasteiger partial charge in [-0.2, -0.15) is 0 Å². The highest BCUT2D eigenvalue weighted by Crippen LogP contribution is 2.20. The molecule has 3 N–H and O–H groups in total. The molecule has 1 aliphatic rings. The maximum Gasteiger partial charge on any atom is 0.313 e. The fourth-order valence-electron chi connectivity index (χ4n) is 3.11. The number of hydrogen-bond acceptors (Lipinski definition) is 4. The Morgan fingerprint density at radius 1 is 0.962 bits per heavy atom. The van der Waals surface area contributed by atoms with Crippen molar-refractivity contribution < 1.29 is 9.59 Å². The number of nitrogen functional groups attached to an aromatic ring is 1. The highest BCUT2D eigenvalue weighted by molar-refractivity contribution is 6.39. The predicted octanol–water partition coefficient (Wildman–Crippen LogP) is 2.17. The van der Waals surface area contributed by atoms with Gasteiger partial charge in [-0.15, -0.1) is 0 Å². The molecule has 6 heteroatoms. The van der Waals surface area contributed by atoms with E-state index in [0.717, 1.165) is 11.3 Å². The number of benzene rings is 2. The van der Waals surface area contributed by atoms with Gasteiger partial charge < -0.3 is 20.9 Å². The van der Waals surface area contributed by atoms with Crippen molar-refractivity contribution in [3.63, 3.8) is 0 Å². The summed E-state index contributed by atoms with van der Waals surface area (Å²) in [4.78, 5) is 28.5. The molecule has 0 bridgehead atoms. The SMILES string of the molecule is Cc1cccc(N2CCN(C(=O)C(=O)Nc3ccc(C)cc3N)CC2)c1. The first-order chi connectivity index (χ1) is 12.4. The Labute approximate surface area is 153 Å². The van der Waals surface area contributed by atoms with Gasteiger partial charge in [-0.05, 0) is 49.2 Å². The second-order valence-corrected chi connectivity index (χ2v) is 6.66. The Balaban J connectivity index is 1.58. The first-order valence-corrected chi connectivity index (χ1v) is 8.72. The lowest BCUT2D eigenvalue weighted by molar-refractivity contribution is -0.143. The van der Waals surface area contributed by atoms with Crippen molar-refractivity contribution in [3.8, 4) is 0 Å². The molecule has 0 aliphatic carbocycles. The molecule has 1 heterocycles. The van der Waals surface area contributed by atoms with Gasteiger partial charge in [0, 0.05) is 31.9 Å². The highest BCUT2D eigenvalue weighted by atomic mass is 16.2. The molecular formula is C20H24N4O2. The summed E-state index contributed by atoms with van der Waals surface area (Å²) in [5.74, 6) is -1.17. The van der Waals surface area contributed by atoms with Crippen LogP contribution in [0.2, 0.25) is 0 Å². The molecule has 2 amide bonds. The van der Waals surface area contributed by atoms with Gasteiger partial charge in [-0.3, -0.25) is 9.59 Å². The molecule has 0 spiro atoms. The van der Waals surface area contributed by atoms with E-state index in [1.165, 1.54) is 5.56 Å². The number of carbonyl (C=O) groups is 2. The first-order valence-electron chi connectivity index (χ1n) is 8.72. The zero-order valence-corrected chi connectivity index (χ0v) is 15.2. The average molecular weight is 352 g/mol. The van der Waals surface area contributed by atoms with E-state index >= 15 is 0 Å². The molecule has 26 heavy (non-hydrogen) atoms. The monoisotopic (exact) mass is 352 g/mol. The largest absolute Gasteiger partial charge is 0.397 e. The summed E-state index contributed by atoms with van der Waals surface area (Å²) >= 11 is 0. The van der Waals surface area contributed by atoms with E-state index in [0.29, 0.717) is 37.6 Å². The van der Waals surface area contributed by atoms with Crippen molar-refractivity contribution in [2.75, 3.05) is 42.1 Å². The van der Waals surface area contributed by atoms with E-state index in [1.807, 2.05) is 19.1 Å². The molecule has 2 aromatic rings. The number of anilines is 3. The Kier molecular flexibility index (Phi) is 5.11. The minimum atomic E-state index is -0.649. The van der Waals surface area contributed by atoms with Gasteiger partial charge in [0.05, 0.1) is 11.4 Å². The number of carbonyl (C=O) groups excluding carboxylic acids is 2. The van der Waals surface area contributed by atoms with Crippen molar-refractivity contribution in [2.24, 2.45) is 0 Å². The molecular weight excluding hydrogens is 328 g/mol. The molecule has 0 radical (unpaired) electrons. The minimum Gasteiger partial charge on any atom is -0.397 e. The lowest BCUT2D eigenvalue weighted by Crippen LogP contribution is -2.51. The van der Waals surface area contributed by atoms with Crippen molar-refractivity contribution in [2.45, 2.75) is 13.8 Å². The van der Waals surface area contributed by atoms with Crippen LogP contribution < -0.4 is 16.0 Å². The Bertz CT molecular complexity index is 826. The lowest BCUT2D eigenvalue weighted by atomic mass is 10.2. The van der Waals surface area contributed by atoms with Gasteiger partial charge in [0.25, 0.3) is 0 Å². The maximum absolute atomic E-state index is 12.4. The fourth-order valence-corrected chi connectivity index (χ4v) is 3.11. The molecule has 1 aliphatic heterocycles. The number of hydrogen-bond donors (Lipinski definition) is 2. The normalized spacial score (nSPS) is 14.2. The predicted molar refractivity (Wildman–Crippen MR) is 104 cm³/mol. The van der Waals surface area contributed by atoms with Crippen LogP contribution in [0.3, 0.4) is 0 Å². The smallest absolute Gasteiger partial charge is 0.313 e. The second kappa shape index (κ2) is 7.47. The van der Waals surface area contributed by atoms with Crippen LogP contribution in [-0.2, 0) is 9.59 Å². The van der Waals surface area contributed by atoms with E-state index in [9.17, 15) is 9.59 Å². The molecule has 3 rings (SSSR count). The Morgan fingerprint density at radius 3 is 2.31 bits per heavy atom. The third kappa shape index (κ3) is 3.96. The topological polar surface area (TPSA) is 78.7 Å². The summed E-state index contributed by atoms with van der Waals surface area (Å²) in [6.07, 6.45) is 0. The third-order valence-corrected chi connectivity index (χ3v) is 4.58. The Hall–Kier alpha value is -3.02. The van der Waals surface area contributed by atoms with Crippen LogP contribution >= 0.6 is 0 Å². The number of piperazine rings is 1. The molecule has 6 nitrogen and oxygen atoms in total.